The molecule has 2 rings (SSSR count). The first kappa shape index (κ1) is 13.3. The number of halogens is 2. The van der Waals surface area contributed by atoms with Gasteiger partial charge in [0.05, 0.1) is 4.92 Å². The summed E-state index contributed by atoms with van der Waals surface area (Å²) in [6, 6.07) is 1.16. The zero-order valence-electron chi connectivity index (χ0n) is 9.81. The van der Waals surface area contributed by atoms with E-state index < -0.39 is 33.7 Å². The van der Waals surface area contributed by atoms with Crippen LogP contribution in [-0.4, -0.2) is 34.9 Å². The number of nitro benzene ring substituents is 1. The Morgan fingerprint density at radius 2 is 2.16 bits per heavy atom. The SMILES string of the molecule is N[C@@H]1CCN(C(=O)c2c(F)ccc([N+](=O)[O-])c2F)C1. The van der Waals surface area contributed by atoms with Gasteiger partial charge in [0.2, 0.25) is 5.82 Å². The predicted octanol–water partition coefficient (Wildman–Crippen LogP) is 1.05. The van der Waals surface area contributed by atoms with Gasteiger partial charge in [-0.2, -0.15) is 4.39 Å². The van der Waals surface area contributed by atoms with Gasteiger partial charge in [-0.3, -0.25) is 14.9 Å². The van der Waals surface area contributed by atoms with Gasteiger partial charge >= 0.3 is 5.69 Å². The quantitative estimate of drug-likeness (QED) is 0.643. The van der Waals surface area contributed by atoms with E-state index in [0.717, 1.165) is 0 Å². The first-order valence-corrected chi connectivity index (χ1v) is 5.59. The highest BCUT2D eigenvalue weighted by Gasteiger charge is 2.32. The third kappa shape index (κ3) is 2.39. The fourth-order valence-electron chi connectivity index (χ4n) is 2.01. The average molecular weight is 271 g/mol. The van der Waals surface area contributed by atoms with E-state index in [1.165, 1.54) is 4.90 Å². The van der Waals surface area contributed by atoms with E-state index in [1.54, 1.807) is 0 Å². The van der Waals surface area contributed by atoms with Crippen molar-refractivity contribution in [3.05, 3.63) is 39.4 Å². The van der Waals surface area contributed by atoms with Crippen LogP contribution in [0, 0.1) is 21.7 Å². The van der Waals surface area contributed by atoms with Crippen molar-refractivity contribution in [2.45, 2.75) is 12.5 Å². The Morgan fingerprint density at radius 3 is 2.68 bits per heavy atom. The summed E-state index contributed by atoms with van der Waals surface area (Å²) in [6.07, 6.45) is 0.532. The molecule has 0 unspecified atom stereocenters. The molecule has 8 heteroatoms. The molecular formula is C11H11F2N3O3. The Bertz CT molecular complexity index is 550. The molecule has 1 fully saturated rings. The maximum absolute atomic E-state index is 13.8. The third-order valence-corrected chi connectivity index (χ3v) is 2.99. The minimum absolute atomic E-state index is 0.181. The van der Waals surface area contributed by atoms with Gasteiger partial charge < -0.3 is 10.6 Å². The monoisotopic (exact) mass is 271 g/mol. The van der Waals surface area contributed by atoms with Crippen LogP contribution in [0.5, 0.6) is 0 Å². The number of nitro groups is 1. The molecule has 19 heavy (non-hydrogen) atoms. The van der Waals surface area contributed by atoms with E-state index >= 15 is 0 Å². The lowest BCUT2D eigenvalue weighted by Crippen LogP contribution is -2.33. The number of likely N-dealkylation sites (tertiary alicyclic amines) is 1. The Hall–Kier alpha value is -2.09. The first-order valence-electron chi connectivity index (χ1n) is 5.59. The Morgan fingerprint density at radius 1 is 1.47 bits per heavy atom. The van der Waals surface area contributed by atoms with Crippen LogP contribution in [0.2, 0.25) is 0 Å². The Labute approximate surface area is 106 Å². The summed E-state index contributed by atoms with van der Waals surface area (Å²) in [5.41, 5.74) is 3.78. The lowest BCUT2D eigenvalue weighted by molar-refractivity contribution is -0.387. The molecule has 1 aliphatic rings. The maximum Gasteiger partial charge on any atom is 0.305 e. The topological polar surface area (TPSA) is 89.5 Å². The largest absolute Gasteiger partial charge is 0.337 e. The molecule has 0 radical (unpaired) electrons. The number of hydrogen-bond donors (Lipinski definition) is 1. The smallest absolute Gasteiger partial charge is 0.305 e. The second-order valence-electron chi connectivity index (χ2n) is 4.31. The van der Waals surface area contributed by atoms with Crippen molar-refractivity contribution >= 4 is 11.6 Å². The van der Waals surface area contributed by atoms with Crippen LogP contribution in [-0.2, 0) is 0 Å². The molecule has 0 bridgehead atoms. The number of carbonyl (C=O) groups excluding carboxylic acids is 1. The molecule has 0 aromatic heterocycles. The van der Waals surface area contributed by atoms with Crippen molar-refractivity contribution in [3.63, 3.8) is 0 Å². The molecule has 1 saturated heterocycles. The van der Waals surface area contributed by atoms with Crippen molar-refractivity contribution < 1.29 is 18.5 Å². The highest BCUT2D eigenvalue weighted by molar-refractivity contribution is 5.95. The molecule has 1 aliphatic heterocycles. The fourth-order valence-corrected chi connectivity index (χ4v) is 2.01. The van der Waals surface area contributed by atoms with Crippen LogP contribution in [0.25, 0.3) is 0 Å². The van der Waals surface area contributed by atoms with Crippen LogP contribution >= 0.6 is 0 Å². The second kappa shape index (κ2) is 4.88. The summed E-state index contributed by atoms with van der Waals surface area (Å²) < 4.78 is 27.4. The molecule has 0 aliphatic carbocycles. The highest BCUT2D eigenvalue weighted by Crippen LogP contribution is 2.25. The fraction of sp³-hybridized carbons (Fsp3) is 0.364. The standard InChI is InChI=1S/C11H11F2N3O3/c12-7-1-2-8(16(18)19)10(13)9(7)11(17)15-4-3-6(14)5-15/h1-2,6H,3-5,14H2/t6-/m1/s1. The van der Waals surface area contributed by atoms with E-state index in [2.05, 4.69) is 0 Å². The highest BCUT2D eigenvalue weighted by atomic mass is 19.1. The van der Waals surface area contributed by atoms with Gasteiger partial charge in [-0.1, -0.05) is 0 Å². The zero-order chi connectivity index (χ0) is 14.2. The van der Waals surface area contributed by atoms with Crippen molar-refractivity contribution in [1.82, 2.24) is 4.90 Å². The summed E-state index contributed by atoms with van der Waals surface area (Å²) in [5, 5.41) is 10.6. The zero-order valence-corrected chi connectivity index (χ0v) is 9.81. The first-order chi connectivity index (χ1) is 8.91. The second-order valence-corrected chi connectivity index (χ2v) is 4.31. The Kier molecular flexibility index (Phi) is 3.43. The van der Waals surface area contributed by atoms with Gasteiger partial charge in [0.15, 0.2) is 0 Å². The molecule has 2 N–H and O–H groups in total. The Balaban J connectivity index is 2.41. The van der Waals surface area contributed by atoms with Crippen molar-refractivity contribution in [2.24, 2.45) is 5.73 Å². The average Bonchev–Trinajstić information content (AvgIpc) is 2.75. The predicted molar refractivity (Wildman–Crippen MR) is 61.5 cm³/mol. The summed E-state index contributed by atoms with van der Waals surface area (Å²) >= 11 is 0. The lowest BCUT2D eigenvalue weighted by Gasteiger charge is -2.16. The van der Waals surface area contributed by atoms with E-state index in [4.69, 9.17) is 5.73 Å². The third-order valence-electron chi connectivity index (χ3n) is 2.99. The molecular weight excluding hydrogens is 260 g/mol. The molecule has 1 amide bonds. The van der Waals surface area contributed by atoms with Gasteiger partial charge in [-0.15, -0.1) is 0 Å². The molecule has 0 saturated carbocycles. The summed E-state index contributed by atoms with van der Waals surface area (Å²) in [4.78, 5) is 22.7. The van der Waals surface area contributed by atoms with Gasteiger partial charge in [0, 0.05) is 25.2 Å². The van der Waals surface area contributed by atoms with Gasteiger partial charge in [0.25, 0.3) is 5.91 Å². The lowest BCUT2D eigenvalue weighted by atomic mass is 10.1. The van der Waals surface area contributed by atoms with Crippen molar-refractivity contribution in [3.8, 4) is 0 Å². The number of nitrogens with two attached hydrogens (primary N) is 1. The molecule has 1 aromatic rings. The summed E-state index contributed by atoms with van der Waals surface area (Å²) in [7, 11) is 0. The van der Waals surface area contributed by atoms with E-state index in [0.29, 0.717) is 18.6 Å². The number of hydrogen-bond acceptors (Lipinski definition) is 4. The number of benzene rings is 1. The van der Waals surface area contributed by atoms with Gasteiger partial charge in [0.1, 0.15) is 11.4 Å². The maximum atomic E-state index is 13.8. The van der Waals surface area contributed by atoms with E-state index in [9.17, 15) is 23.7 Å². The molecule has 6 nitrogen and oxygen atoms in total. The van der Waals surface area contributed by atoms with E-state index in [1.807, 2.05) is 0 Å². The van der Waals surface area contributed by atoms with Crippen molar-refractivity contribution in [2.75, 3.05) is 13.1 Å². The van der Waals surface area contributed by atoms with Crippen LogP contribution in [0.3, 0.4) is 0 Å². The van der Waals surface area contributed by atoms with Crippen molar-refractivity contribution in [1.29, 1.82) is 0 Å². The minimum atomic E-state index is -1.45. The summed E-state index contributed by atoms with van der Waals surface area (Å²) in [6.45, 7) is 0.460. The number of amides is 1. The minimum Gasteiger partial charge on any atom is -0.337 e. The van der Waals surface area contributed by atoms with Crippen LogP contribution in [0.4, 0.5) is 14.5 Å². The molecule has 1 aromatic carbocycles. The van der Waals surface area contributed by atoms with Crippen LogP contribution in [0.1, 0.15) is 16.8 Å². The molecule has 0 spiro atoms. The number of nitrogens with zero attached hydrogens (tertiary/aromatic N) is 2. The summed E-state index contributed by atoms with van der Waals surface area (Å²) in [5.74, 6) is -3.48. The normalized spacial score (nSPS) is 18.7. The van der Waals surface area contributed by atoms with Gasteiger partial charge in [-0.05, 0) is 12.5 Å². The molecule has 1 atom stereocenters. The van der Waals surface area contributed by atoms with Gasteiger partial charge in [-0.25, -0.2) is 4.39 Å². The number of carbonyl (C=O) groups is 1. The molecule has 102 valence electrons. The van der Waals surface area contributed by atoms with Crippen LogP contribution < -0.4 is 5.73 Å². The molecule has 1 heterocycles. The van der Waals surface area contributed by atoms with E-state index in [-0.39, 0.29) is 19.1 Å². The number of rotatable bonds is 2. The van der Waals surface area contributed by atoms with Crippen LogP contribution in [0.15, 0.2) is 12.1 Å².